The highest BCUT2D eigenvalue weighted by Gasteiger charge is 2.37. The minimum atomic E-state index is -4.61. The zero-order valence-electron chi connectivity index (χ0n) is 15.4. The fraction of sp³-hybridized carbons (Fsp3) is 0.500. The van der Waals surface area contributed by atoms with E-state index in [0.717, 1.165) is 11.8 Å². The molecule has 1 N–H and O–H groups in total. The maximum atomic E-state index is 13.1. The van der Waals surface area contributed by atoms with E-state index in [2.05, 4.69) is 20.4 Å². The average Bonchev–Trinajstić information content (AvgIpc) is 3.08. The molecular weight excluding hydrogens is 363 g/mol. The second-order valence-corrected chi connectivity index (χ2v) is 6.57. The molecule has 1 amide bonds. The smallest absolute Gasteiger partial charge is 0.363 e. The van der Waals surface area contributed by atoms with Crippen LogP contribution in [0, 0.1) is 6.92 Å². The molecule has 2 aromatic rings. The van der Waals surface area contributed by atoms with E-state index in [1.807, 2.05) is 6.92 Å². The molecule has 1 fully saturated rings. The third-order valence-electron chi connectivity index (χ3n) is 4.22. The minimum absolute atomic E-state index is 0.101. The number of alkyl halides is 3. The number of nitrogens with zero attached hydrogens (tertiary/aromatic N) is 6. The summed E-state index contributed by atoms with van der Waals surface area (Å²) in [6.45, 7) is 2.24. The lowest BCUT2D eigenvalue weighted by Gasteiger charge is -2.19. The molecule has 1 unspecified atom stereocenters. The Balaban J connectivity index is 1.84. The molecule has 1 saturated heterocycles. The Morgan fingerprint density at radius 3 is 2.52 bits per heavy atom. The highest BCUT2D eigenvalue weighted by Crippen LogP contribution is 2.31. The van der Waals surface area contributed by atoms with Gasteiger partial charge in [0.15, 0.2) is 5.69 Å². The molecule has 0 radical (unpaired) electrons. The van der Waals surface area contributed by atoms with Gasteiger partial charge in [0.05, 0.1) is 5.69 Å². The maximum Gasteiger partial charge on any atom is 0.433 e. The number of amides is 1. The van der Waals surface area contributed by atoms with Gasteiger partial charge in [-0.2, -0.15) is 23.3 Å². The Morgan fingerprint density at radius 1 is 1.26 bits per heavy atom. The van der Waals surface area contributed by atoms with Gasteiger partial charge in [0.25, 0.3) is 5.91 Å². The molecule has 0 aliphatic carbocycles. The largest absolute Gasteiger partial charge is 0.433 e. The van der Waals surface area contributed by atoms with Crippen molar-refractivity contribution in [3.05, 3.63) is 23.5 Å². The summed E-state index contributed by atoms with van der Waals surface area (Å²) in [7, 11) is 4.90. The van der Waals surface area contributed by atoms with Gasteiger partial charge in [-0.15, -0.1) is 0 Å². The van der Waals surface area contributed by atoms with Crippen molar-refractivity contribution in [1.29, 1.82) is 0 Å². The van der Waals surface area contributed by atoms with Crippen LogP contribution in [0.4, 0.5) is 30.8 Å². The van der Waals surface area contributed by atoms with Gasteiger partial charge in [0, 0.05) is 39.8 Å². The molecule has 0 aromatic carbocycles. The second-order valence-electron chi connectivity index (χ2n) is 6.57. The molecule has 0 spiro atoms. The van der Waals surface area contributed by atoms with Gasteiger partial charge in [0.1, 0.15) is 17.7 Å². The van der Waals surface area contributed by atoms with E-state index in [-0.39, 0.29) is 17.7 Å². The van der Waals surface area contributed by atoms with Crippen LogP contribution in [0.15, 0.2) is 12.1 Å². The average molecular weight is 383 g/mol. The number of carbonyl (C=O) groups excluding carboxylic acids is 1. The molecule has 0 bridgehead atoms. The number of nitrogens with one attached hydrogen (secondary N) is 1. The Hall–Kier alpha value is -2.85. The van der Waals surface area contributed by atoms with Crippen LogP contribution in [0.2, 0.25) is 0 Å². The number of anilines is 3. The van der Waals surface area contributed by atoms with Crippen molar-refractivity contribution in [3.8, 4) is 0 Å². The van der Waals surface area contributed by atoms with Crippen LogP contribution in [-0.2, 0) is 18.0 Å². The number of aryl methyl sites for hydroxylation is 2. The van der Waals surface area contributed by atoms with Crippen molar-refractivity contribution < 1.29 is 18.0 Å². The number of hydrogen-bond acceptors (Lipinski definition) is 6. The third-order valence-corrected chi connectivity index (χ3v) is 4.22. The molecule has 1 aliphatic heterocycles. The third kappa shape index (κ3) is 3.81. The summed E-state index contributed by atoms with van der Waals surface area (Å²) in [4.78, 5) is 23.3. The predicted octanol–water partition coefficient (Wildman–Crippen LogP) is 1.82. The molecule has 1 atom stereocenters. The first-order chi connectivity index (χ1) is 12.6. The summed E-state index contributed by atoms with van der Waals surface area (Å²) in [5.41, 5.74) is -0.290. The summed E-state index contributed by atoms with van der Waals surface area (Å²) < 4.78 is 40.9. The van der Waals surface area contributed by atoms with Gasteiger partial charge in [-0.25, -0.2) is 4.98 Å². The summed E-state index contributed by atoms with van der Waals surface area (Å²) in [6, 6.07) is 1.94. The van der Waals surface area contributed by atoms with E-state index < -0.39 is 17.9 Å². The molecule has 27 heavy (non-hydrogen) atoms. The summed E-state index contributed by atoms with van der Waals surface area (Å²) in [6.07, 6.45) is -4.19. The lowest BCUT2D eigenvalue weighted by molar-refractivity contribution is -0.141. The Morgan fingerprint density at radius 2 is 1.96 bits per heavy atom. The van der Waals surface area contributed by atoms with E-state index in [9.17, 15) is 18.0 Å². The molecule has 11 heteroatoms. The quantitative estimate of drug-likeness (QED) is 0.868. The first-order valence-electron chi connectivity index (χ1n) is 8.28. The summed E-state index contributed by atoms with van der Waals surface area (Å²) in [5.74, 6) is 0.255. The zero-order valence-corrected chi connectivity index (χ0v) is 15.4. The van der Waals surface area contributed by atoms with Crippen LogP contribution < -0.4 is 15.1 Å². The van der Waals surface area contributed by atoms with Crippen molar-refractivity contribution in [2.24, 2.45) is 7.05 Å². The van der Waals surface area contributed by atoms with Gasteiger partial charge >= 0.3 is 6.18 Å². The van der Waals surface area contributed by atoms with Crippen LogP contribution in [0.25, 0.3) is 0 Å². The zero-order chi connectivity index (χ0) is 19.9. The van der Waals surface area contributed by atoms with E-state index in [0.29, 0.717) is 18.8 Å². The van der Waals surface area contributed by atoms with Gasteiger partial charge in [-0.05, 0) is 13.3 Å². The van der Waals surface area contributed by atoms with Crippen LogP contribution >= 0.6 is 0 Å². The standard InChI is InChI=1S/C16H20F3N7O/c1-9-7-13(25(4)23-9)26-6-5-10(14(26)27)20-15-21-11(16(17,18)19)8-12(22-15)24(2)3/h7-8,10H,5-6H2,1-4H3,(H,20,21,22). The fourth-order valence-corrected chi connectivity index (χ4v) is 2.92. The maximum absolute atomic E-state index is 13.1. The number of halogens is 3. The molecular formula is C16H20F3N7O. The Labute approximate surface area is 154 Å². The molecule has 3 heterocycles. The van der Waals surface area contributed by atoms with Crippen molar-refractivity contribution >= 4 is 23.5 Å². The summed E-state index contributed by atoms with van der Waals surface area (Å²) in [5, 5.41) is 6.97. The van der Waals surface area contributed by atoms with Crippen molar-refractivity contribution in [2.45, 2.75) is 25.6 Å². The normalized spacial score (nSPS) is 17.5. The molecule has 2 aromatic heterocycles. The minimum Gasteiger partial charge on any atom is -0.363 e. The molecule has 3 rings (SSSR count). The lowest BCUT2D eigenvalue weighted by atomic mass is 10.2. The lowest BCUT2D eigenvalue weighted by Crippen LogP contribution is -2.35. The highest BCUT2D eigenvalue weighted by atomic mass is 19.4. The van der Waals surface area contributed by atoms with Crippen molar-refractivity contribution in [1.82, 2.24) is 19.7 Å². The van der Waals surface area contributed by atoms with Crippen LogP contribution in [0.5, 0.6) is 0 Å². The molecule has 1 aliphatic rings. The topological polar surface area (TPSA) is 79.2 Å². The highest BCUT2D eigenvalue weighted by molar-refractivity contribution is 6.00. The molecule has 8 nitrogen and oxygen atoms in total. The second kappa shape index (κ2) is 6.71. The van der Waals surface area contributed by atoms with E-state index in [1.165, 1.54) is 4.90 Å². The fourth-order valence-electron chi connectivity index (χ4n) is 2.92. The van der Waals surface area contributed by atoms with Gasteiger partial charge < -0.3 is 10.2 Å². The molecule has 146 valence electrons. The van der Waals surface area contributed by atoms with Gasteiger partial charge in [-0.1, -0.05) is 0 Å². The summed E-state index contributed by atoms with van der Waals surface area (Å²) >= 11 is 0. The first kappa shape index (κ1) is 18.9. The predicted molar refractivity (Wildman–Crippen MR) is 93.7 cm³/mol. The van der Waals surface area contributed by atoms with Crippen LogP contribution in [-0.4, -0.2) is 52.3 Å². The van der Waals surface area contributed by atoms with Gasteiger partial charge in [0.2, 0.25) is 5.95 Å². The van der Waals surface area contributed by atoms with E-state index >= 15 is 0 Å². The van der Waals surface area contributed by atoms with Crippen LogP contribution in [0.3, 0.4) is 0 Å². The van der Waals surface area contributed by atoms with Crippen molar-refractivity contribution in [2.75, 3.05) is 35.8 Å². The number of aromatic nitrogens is 4. The van der Waals surface area contributed by atoms with Gasteiger partial charge in [-0.3, -0.25) is 14.4 Å². The number of rotatable bonds is 4. The van der Waals surface area contributed by atoms with Crippen LogP contribution in [0.1, 0.15) is 17.8 Å². The first-order valence-corrected chi connectivity index (χ1v) is 8.28. The SMILES string of the molecule is Cc1cc(N2CCC(Nc3nc(N(C)C)cc(C(F)(F)F)n3)C2=O)n(C)n1. The van der Waals surface area contributed by atoms with Crippen molar-refractivity contribution in [3.63, 3.8) is 0 Å². The molecule has 0 saturated carbocycles. The Kier molecular flexibility index (Phi) is 4.70. The number of carbonyl (C=O) groups is 1. The monoisotopic (exact) mass is 383 g/mol. The van der Waals surface area contributed by atoms with E-state index in [4.69, 9.17) is 0 Å². The number of hydrogen-bond donors (Lipinski definition) is 1. The van der Waals surface area contributed by atoms with E-state index in [1.54, 1.807) is 36.8 Å². The Bertz CT molecular complexity index is 862.